The summed E-state index contributed by atoms with van der Waals surface area (Å²) in [5, 5.41) is 0.648. The van der Waals surface area contributed by atoms with Crippen molar-refractivity contribution in [2.75, 3.05) is 68.7 Å². The molecule has 1 fully saturated rings. The number of halogens is 1. The largest absolute Gasteiger partial charge is 0.497 e. The molecule has 2 aromatic carbocycles. The molecule has 5 rings (SSSR count). The van der Waals surface area contributed by atoms with Crippen molar-refractivity contribution < 1.29 is 19.1 Å². The molecule has 2 amide bonds. The van der Waals surface area contributed by atoms with Crippen molar-refractivity contribution in [3.05, 3.63) is 64.9 Å². The molecule has 3 aromatic rings. The van der Waals surface area contributed by atoms with Crippen LogP contribution in [0.5, 0.6) is 11.5 Å². The number of hydrogen-bond donors (Lipinski definition) is 0. The zero-order valence-corrected chi connectivity index (χ0v) is 23.9. The van der Waals surface area contributed by atoms with Crippen molar-refractivity contribution >= 4 is 40.7 Å². The van der Waals surface area contributed by atoms with Crippen molar-refractivity contribution in [2.45, 2.75) is 19.4 Å². The van der Waals surface area contributed by atoms with E-state index in [1.165, 1.54) is 6.33 Å². The minimum atomic E-state index is -0.261. The Labute approximate surface area is 239 Å². The number of benzene rings is 2. The maximum atomic E-state index is 13.2. The van der Waals surface area contributed by atoms with E-state index in [0.29, 0.717) is 66.6 Å². The highest BCUT2D eigenvalue weighted by atomic mass is 35.5. The zero-order valence-electron chi connectivity index (χ0n) is 23.1. The smallest absolute Gasteiger partial charge is 0.246 e. The van der Waals surface area contributed by atoms with Gasteiger partial charge in [0.15, 0.2) is 11.6 Å². The fourth-order valence-corrected chi connectivity index (χ4v) is 5.34. The third kappa shape index (κ3) is 5.36. The molecule has 210 valence electrons. The number of fused-ring (bicyclic) bond motifs is 1. The van der Waals surface area contributed by atoms with Gasteiger partial charge in [-0.15, -0.1) is 0 Å². The molecule has 40 heavy (non-hydrogen) atoms. The summed E-state index contributed by atoms with van der Waals surface area (Å²) in [4.78, 5) is 43.1. The summed E-state index contributed by atoms with van der Waals surface area (Å²) in [6.45, 7) is 4.83. The lowest BCUT2D eigenvalue weighted by Gasteiger charge is -2.40. The van der Waals surface area contributed by atoms with Gasteiger partial charge in [-0.1, -0.05) is 23.7 Å². The van der Waals surface area contributed by atoms with Crippen LogP contribution in [0, 0.1) is 0 Å². The molecule has 3 heterocycles. The van der Waals surface area contributed by atoms with Gasteiger partial charge in [0.1, 0.15) is 23.5 Å². The quantitative estimate of drug-likeness (QED) is 0.430. The molecule has 0 spiro atoms. The molecule has 1 aromatic heterocycles. The van der Waals surface area contributed by atoms with E-state index >= 15 is 0 Å². The number of carbonyl (C=O) groups is 2. The van der Waals surface area contributed by atoms with Crippen LogP contribution < -0.4 is 24.2 Å². The maximum Gasteiger partial charge on any atom is 0.246 e. The summed E-state index contributed by atoms with van der Waals surface area (Å²) in [6.07, 6.45) is 1.54. The van der Waals surface area contributed by atoms with Crippen LogP contribution >= 0.6 is 11.6 Å². The monoisotopic (exact) mass is 564 g/mol. The van der Waals surface area contributed by atoms with E-state index < -0.39 is 0 Å². The molecular weight excluding hydrogens is 532 g/mol. The summed E-state index contributed by atoms with van der Waals surface area (Å²) in [5.74, 6) is 2.50. The zero-order chi connectivity index (χ0) is 28.4. The Hall–Kier alpha value is -4.05. The van der Waals surface area contributed by atoms with Gasteiger partial charge in [0.25, 0.3) is 0 Å². The number of hydrogen-bond acceptors (Lipinski definition) is 8. The third-order valence-electron chi connectivity index (χ3n) is 7.61. The molecule has 1 saturated heterocycles. The molecule has 11 heteroatoms. The first-order valence-corrected chi connectivity index (χ1v) is 13.5. The van der Waals surface area contributed by atoms with Gasteiger partial charge in [0.05, 0.1) is 26.7 Å². The molecule has 0 radical (unpaired) electrons. The second kappa shape index (κ2) is 11.6. The van der Waals surface area contributed by atoms with E-state index in [-0.39, 0.29) is 24.3 Å². The number of nitrogens with zero attached hydrogens (tertiary/aromatic N) is 6. The molecule has 10 nitrogen and oxygen atoms in total. The third-order valence-corrected chi connectivity index (χ3v) is 7.86. The molecule has 0 aliphatic carbocycles. The van der Waals surface area contributed by atoms with Crippen LogP contribution in [0.1, 0.15) is 24.0 Å². The average molecular weight is 565 g/mol. The topological polar surface area (TPSA) is 91.3 Å². The van der Waals surface area contributed by atoms with Crippen LogP contribution in [-0.2, 0) is 16.1 Å². The van der Waals surface area contributed by atoms with E-state index in [1.54, 1.807) is 26.2 Å². The Balaban J connectivity index is 1.35. The number of ether oxygens (including phenoxy) is 2. The molecule has 2 aliphatic rings. The number of rotatable bonds is 7. The predicted molar refractivity (Wildman–Crippen MR) is 155 cm³/mol. The highest BCUT2D eigenvalue weighted by Crippen LogP contribution is 2.39. The number of likely N-dealkylation sites (N-methyl/N-ethyl adjacent to an activating group) is 1. The van der Waals surface area contributed by atoms with Crippen molar-refractivity contribution in [1.82, 2.24) is 14.9 Å². The van der Waals surface area contributed by atoms with Crippen LogP contribution in [-0.4, -0.2) is 80.7 Å². The lowest BCUT2D eigenvalue weighted by molar-refractivity contribution is -0.132. The first kappa shape index (κ1) is 27.5. The maximum absolute atomic E-state index is 13.2. The lowest BCUT2D eigenvalue weighted by Crippen LogP contribution is -2.51. The number of methoxy groups -OCH3 is 2. The van der Waals surface area contributed by atoms with E-state index in [2.05, 4.69) is 14.9 Å². The van der Waals surface area contributed by atoms with Crippen LogP contribution in [0.2, 0.25) is 5.02 Å². The van der Waals surface area contributed by atoms with Crippen molar-refractivity contribution in [3.63, 3.8) is 0 Å². The molecule has 0 N–H and O–H groups in total. The fraction of sp³-hybridized carbons (Fsp3) is 0.379. The number of aromatic nitrogens is 2. The lowest BCUT2D eigenvalue weighted by atomic mass is 9.99. The average Bonchev–Trinajstić information content (AvgIpc) is 2.99. The SMILES string of the molecule is COc1ccc(CN2CC(=O)N(C)c3c(N4CCN(C(=O)C(C)c5ccc(Cl)cc5)CC4)ncnc32)c(OC)c1. The van der Waals surface area contributed by atoms with E-state index in [9.17, 15) is 9.59 Å². The fourth-order valence-electron chi connectivity index (χ4n) is 5.22. The summed E-state index contributed by atoms with van der Waals surface area (Å²) in [5.41, 5.74) is 2.52. The Morgan fingerprint density at radius 1 is 1.00 bits per heavy atom. The van der Waals surface area contributed by atoms with E-state index in [4.69, 9.17) is 21.1 Å². The van der Waals surface area contributed by atoms with Crippen LogP contribution in [0.4, 0.5) is 17.3 Å². The molecule has 1 unspecified atom stereocenters. The highest BCUT2D eigenvalue weighted by Gasteiger charge is 2.34. The molecule has 0 bridgehead atoms. The van der Waals surface area contributed by atoms with Crippen molar-refractivity contribution in [2.24, 2.45) is 0 Å². The summed E-state index contributed by atoms with van der Waals surface area (Å²) < 4.78 is 10.9. The first-order valence-electron chi connectivity index (χ1n) is 13.2. The van der Waals surface area contributed by atoms with Gasteiger partial charge in [-0.3, -0.25) is 9.59 Å². The molecular formula is C29H33ClN6O4. The normalized spacial score (nSPS) is 16.1. The van der Waals surface area contributed by atoms with Gasteiger partial charge >= 0.3 is 0 Å². The van der Waals surface area contributed by atoms with Crippen LogP contribution in [0.3, 0.4) is 0 Å². The van der Waals surface area contributed by atoms with Gasteiger partial charge in [-0.2, -0.15) is 0 Å². The van der Waals surface area contributed by atoms with Crippen molar-refractivity contribution in [1.29, 1.82) is 0 Å². The van der Waals surface area contributed by atoms with Gasteiger partial charge in [0, 0.05) is 56.4 Å². The second-order valence-electron chi connectivity index (χ2n) is 9.94. The van der Waals surface area contributed by atoms with E-state index in [0.717, 1.165) is 11.1 Å². The Morgan fingerprint density at radius 3 is 2.38 bits per heavy atom. The first-order chi connectivity index (χ1) is 19.3. The van der Waals surface area contributed by atoms with Gasteiger partial charge in [-0.25, -0.2) is 9.97 Å². The summed E-state index contributed by atoms with van der Waals surface area (Å²) in [7, 11) is 4.98. The minimum absolute atomic E-state index is 0.0540. The number of amides is 2. The Kier molecular flexibility index (Phi) is 7.97. The predicted octanol–water partition coefficient (Wildman–Crippen LogP) is 3.58. The number of anilines is 3. The number of carbonyl (C=O) groups excluding carboxylic acids is 2. The summed E-state index contributed by atoms with van der Waals surface area (Å²) >= 11 is 6.01. The summed E-state index contributed by atoms with van der Waals surface area (Å²) in [6, 6.07) is 13.0. The van der Waals surface area contributed by atoms with Crippen molar-refractivity contribution in [3.8, 4) is 11.5 Å². The van der Waals surface area contributed by atoms with E-state index in [1.807, 2.05) is 59.2 Å². The van der Waals surface area contributed by atoms with Crippen LogP contribution in [0.25, 0.3) is 0 Å². The standard InChI is InChI=1S/C29H33ClN6O4/c1-19(20-5-8-22(30)9-6-20)29(38)35-13-11-34(12-14-35)27-26-28(32-18-31-27)36(17-25(37)33(26)2)16-21-7-10-23(39-3)15-24(21)40-4/h5-10,15,18-19H,11-14,16-17H2,1-4H3. The Bertz CT molecular complexity index is 1390. The van der Waals surface area contributed by atoms with Gasteiger partial charge in [0.2, 0.25) is 11.8 Å². The molecule has 1 atom stereocenters. The van der Waals surface area contributed by atoms with Crippen LogP contribution in [0.15, 0.2) is 48.8 Å². The van der Waals surface area contributed by atoms with Gasteiger partial charge < -0.3 is 29.1 Å². The second-order valence-corrected chi connectivity index (χ2v) is 10.4. The number of piperazine rings is 1. The Morgan fingerprint density at radius 2 is 1.70 bits per heavy atom. The molecule has 2 aliphatic heterocycles. The molecule has 0 saturated carbocycles. The highest BCUT2D eigenvalue weighted by molar-refractivity contribution is 6.30. The minimum Gasteiger partial charge on any atom is -0.497 e. The van der Waals surface area contributed by atoms with Gasteiger partial charge in [-0.05, 0) is 36.8 Å².